The van der Waals surface area contributed by atoms with Crippen molar-refractivity contribution >= 4 is 23.3 Å². The van der Waals surface area contributed by atoms with Crippen molar-refractivity contribution in [3.8, 4) is 0 Å². The largest absolute Gasteiger partial charge is 0.469 e. The molecule has 8 heteroatoms. The molecule has 4 rings (SSSR count). The monoisotopic (exact) mass is 461 g/mol. The zero-order valence-electron chi connectivity index (χ0n) is 19.5. The van der Waals surface area contributed by atoms with Gasteiger partial charge in [-0.2, -0.15) is 0 Å². The summed E-state index contributed by atoms with van der Waals surface area (Å²) in [5.74, 6) is -3.44. The molecule has 4 unspecified atom stereocenters. The van der Waals surface area contributed by atoms with Crippen molar-refractivity contribution in [1.29, 1.82) is 0 Å². The second kappa shape index (κ2) is 8.54. The predicted octanol–water partition coefficient (Wildman–Crippen LogP) is 4.60. The fourth-order valence-corrected chi connectivity index (χ4v) is 5.61. The Morgan fingerprint density at radius 2 is 1.76 bits per heavy atom. The van der Waals surface area contributed by atoms with Crippen LogP contribution in [0.4, 0.5) is 8.78 Å². The maximum atomic E-state index is 14.3. The van der Waals surface area contributed by atoms with E-state index in [1.165, 1.54) is 20.1 Å². The number of esters is 1. The Balaban J connectivity index is 2.30. The van der Waals surface area contributed by atoms with E-state index >= 15 is 0 Å². The lowest BCUT2D eigenvalue weighted by Crippen LogP contribution is -2.53. The van der Waals surface area contributed by atoms with Crippen molar-refractivity contribution in [2.75, 3.05) is 7.11 Å². The van der Waals surface area contributed by atoms with Crippen LogP contribution in [0.2, 0.25) is 0 Å². The number of carbonyl (C=O) groups excluding carboxylic acids is 4. The van der Waals surface area contributed by atoms with Crippen molar-refractivity contribution in [3.63, 3.8) is 0 Å². The number of halogens is 2. The lowest BCUT2D eigenvalue weighted by atomic mass is 9.60. The highest BCUT2D eigenvalue weighted by Crippen LogP contribution is 2.59. The van der Waals surface area contributed by atoms with Crippen molar-refractivity contribution in [2.24, 2.45) is 22.2 Å². The van der Waals surface area contributed by atoms with Crippen LogP contribution in [0.15, 0.2) is 24.3 Å². The van der Waals surface area contributed by atoms with E-state index in [0.717, 1.165) is 6.07 Å². The van der Waals surface area contributed by atoms with E-state index in [9.17, 15) is 28.0 Å². The molecule has 1 fully saturated rings. The molecule has 1 aromatic heterocycles. The normalized spacial score (nSPS) is 31.1. The summed E-state index contributed by atoms with van der Waals surface area (Å²) in [6.07, 6.45) is 0.941. The molecule has 4 atom stereocenters. The first kappa shape index (κ1) is 24.9. The Bertz CT molecular complexity index is 1050. The van der Waals surface area contributed by atoms with Crippen LogP contribution in [0.3, 0.4) is 0 Å². The van der Waals surface area contributed by atoms with Crippen LogP contribution in [-0.2, 0) is 19.1 Å². The van der Waals surface area contributed by atoms with E-state index in [1.54, 1.807) is 32.9 Å². The van der Waals surface area contributed by atoms with Crippen molar-refractivity contribution in [3.05, 3.63) is 41.2 Å². The summed E-state index contributed by atoms with van der Waals surface area (Å²) < 4.78 is 31.2. The van der Waals surface area contributed by atoms with Gasteiger partial charge in [-0.05, 0) is 44.7 Å². The standard InChI is InChI=1S/C25H29F2NO5/c1-6-23-11-12-24(7-2,16(13-23)20(30)33-5)22(32)25(8-3,21(23)31)18(29)15-9-10-17(19(26)27)28-14(15)4/h9-12,16,19H,6-8,13H2,1-5H3. The molecular weight excluding hydrogens is 432 g/mol. The van der Waals surface area contributed by atoms with Gasteiger partial charge < -0.3 is 4.74 Å². The number of Topliss-reactive ketones (excluding diaryl/α,β-unsaturated/α-hetero) is 3. The van der Waals surface area contributed by atoms with E-state index in [1.807, 2.05) is 0 Å². The number of allylic oxidation sites excluding steroid dienone is 2. The molecule has 0 aliphatic heterocycles. The van der Waals surface area contributed by atoms with E-state index < -0.39 is 57.6 Å². The van der Waals surface area contributed by atoms with Gasteiger partial charge in [-0.1, -0.05) is 32.9 Å². The van der Waals surface area contributed by atoms with E-state index in [4.69, 9.17) is 4.74 Å². The number of carbonyl (C=O) groups is 4. The minimum absolute atomic E-state index is 0.0244. The van der Waals surface area contributed by atoms with Crippen LogP contribution in [0.5, 0.6) is 0 Å². The Labute approximate surface area is 191 Å². The van der Waals surface area contributed by atoms with Gasteiger partial charge in [0.15, 0.2) is 22.8 Å². The number of ketones is 3. The summed E-state index contributed by atoms with van der Waals surface area (Å²) in [6.45, 7) is 6.51. The number of aryl methyl sites for hydroxylation is 1. The minimum atomic E-state index is -2.82. The second-order valence-electron chi connectivity index (χ2n) is 8.93. The van der Waals surface area contributed by atoms with Crippen LogP contribution in [0.25, 0.3) is 0 Å². The van der Waals surface area contributed by atoms with Gasteiger partial charge in [0.1, 0.15) is 5.69 Å². The van der Waals surface area contributed by atoms with Gasteiger partial charge in [-0.3, -0.25) is 24.2 Å². The quantitative estimate of drug-likeness (QED) is 0.255. The van der Waals surface area contributed by atoms with Crippen molar-refractivity contribution < 1.29 is 32.7 Å². The molecule has 0 N–H and O–H groups in total. The summed E-state index contributed by atoms with van der Waals surface area (Å²) in [7, 11) is 1.23. The molecule has 0 spiro atoms. The number of ether oxygens (including phenoxy) is 1. The van der Waals surface area contributed by atoms with E-state index in [0.29, 0.717) is 6.42 Å². The molecule has 0 saturated heterocycles. The lowest BCUT2D eigenvalue weighted by Gasteiger charge is -2.40. The average molecular weight is 462 g/mol. The van der Waals surface area contributed by atoms with Crippen LogP contribution in [-0.4, -0.2) is 35.4 Å². The molecule has 0 aromatic carbocycles. The average Bonchev–Trinajstić information content (AvgIpc) is 2.94. The van der Waals surface area contributed by atoms with Gasteiger partial charge in [-0.25, -0.2) is 8.78 Å². The predicted molar refractivity (Wildman–Crippen MR) is 116 cm³/mol. The number of pyridine rings is 1. The number of alkyl halides is 2. The van der Waals surface area contributed by atoms with Gasteiger partial charge in [-0.15, -0.1) is 0 Å². The third-order valence-corrected chi connectivity index (χ3v) is 7.74. The molecule has 0 amide bonds. The highest BCUT2D eigenvalue weighted by Gasteiger charge is 2.69. The molecule has 2 bridgehead atoms. The molecule has 1 saturated carbocycles. The molecule has 3 aliphatic rings. The molecule has 6 nitrogen and oxygen atoms in total. The summed E-state index contributed by atoms with van der Waals surface area (Å²) in [4.78, 5) is 59.0. The van der Waals surface area contributed by atoms with Gasteiger partial charge in [0.2, 0.25) is 0 Å². The first-order chi connectivity index (χ1) is 15.5. The first-order valence-corrected chi connectivity index (χ1v) is 11.2. The van der Waals surface area contributed by atoms with E-state index in [2.05, 4.69) is 4.98 Å². The molecule has 178 valence electrons. The Hall–Kier alpha value is -2.77. The van der Waals surface area contributed by atoms with Gasteiger partial charge in [0.25, 0.3) is 6.43 Å². The third-order valence-electron chi connectivity index (χ3n) is 7.74. The number of fused-ring (bicyclic) bond motifs is 3. The summed E-state index contributed by atoms with van der Waals surface area (Å²) in [5, 5.41) is 0. The minimum Gasteiger partial charge on any atom is -0.469 e. The Morgan fingerprint density at radius 3 is 2.24 bits per heavy atom. The molecule has 3 aliphatic carbocycles. The third kappa shape index (κ3) is 3.28. The molecule has 33 heavy (non-hydrogen) atoms. The Morgan fingerprint density at radius 1 is 1.09 bits per heavy atom. The van der Waals surface area contributed by atoms with Crippen LogP contribution in [0.1, 0.15) is 74.6 Å². The van der Waals surface area contributed by atoms with Gasteiger partial charge in [0, 0.05) is 16.7 Å². The zero-order chi connectivity index (χ0) is 24.8. The maximum Gasteiger partial charge on any atom is 0.310 e. The molecule has 1 heterocycles. The number of methoxy groups -OCH3 is 1. The Kier molecular flexibility index (Phi) is 6.43. The fourth-order valence-electron chi connectivity index (χ4n) is 5.61. The highest BCUT2D eigenvalue weighted by atomic mass is 19.3. The van der Waals surface area contributed by atoms with Crippen LogP contribution in [0, 0.1) is 29.1 Å². The van der Waals surface area contributed by atoms with Crippen LogP contribution >= 0.6 is 0 Å². The first-order valence-electron chi connectivity index (χ1n) is 11.2. The van der Waals surface area contributed by atoms with Gasteiger partial charge >= 0.3 is 5.97 Å². The van der Waals surface area contributed by atoms with Crippen molar-refractivity contribution in [2.45, 2.75) is 59.8 Å². The molecule has 1 aromatic rings. The zero-order valence-corrected chi connectivity index (χ0v) is 19.5. The molecular formula is C25H29F2NO5. The summed E-state index contributed by atoms with van der Waals surface area (Å²) in [6, 6.07) is 2.24. The summed E-state index contributed by atoms with van der Waals surface area (Å²) in [5.41, 5.74) is -5.15. The molecule has 0 radical (unpaired) electrons. The van der Waals surface area contributed by atoms with Gasteiger partial charge in [0.05, 0.1) is 18.4 Å². The maximum absolute atomic E-state index is 14.3. The number of hydrogen-bond acceptors (Lipinski definition) is 6. The fraction of sp³-hybridized carbons (Fsp3) is 0.560. The van der Waals surface area contributed by atoms with Crippen LogP contribution < -0.4 is 0 Å². The number of aromatic nitrogens is 1. The van der Waals surface area contributed by atoms with Crippen molar-refractivity contribution in [1.82, 2.24) is 4.98 Å². The number of hydrogen-bond donors (Lipinski definition) is 0. The second-order valence-corrected chi connectivity index (χ2v) is 8.93. The lowest BCUT2D eigenvalue weighted by molar-refractivity contribution is -0.155. The summed E-state index contributed by atoms with van der Waals surface area (Å²) >= 11 is 0. The number of rotatable bonds is 7. The number of nitrogens with zero attached hydrogens (tertiary/aromatic N) is 1. The SMILES string of the molecule is CCC12C=CC(CC)(C(=O)C(CC)(C(=O)c3ccc(C(F)F)nc3C)C1=O)C(C(=O)OC)C2. The topological polar surface area (TPSA) is 90.4 Å². The van der Waals surface area contributed by atoms with E-state index in [-0.39, 0.29) is 30.5 Å². The smallest absolute Gasteiger partial charge is 0.310 e. The highest BCUT2D eigenvalue weighted by molar-refractivity contribution is 6.32.